The van der Waals surface area contributed by atoms with Crippen molar-refractivity contribution in [2.75, 3.05) is 41.7 Å². The summed E-state index contributed by atoms with van der Waals surface area (Å²) in [6.45, 7) is 1.16. The number of carbonyl (C=O) groups excluding carboxylic acids is 2. The van der Waals surface area contributed by atoms with Crippen molar-refractivity contribution in [2.45, 2.75) is 12.7 Å². The fraction of sp³-hybridized carbons (Fsp3) is 0.240. The second-order valence-electron chi connectivity index (χ2n) is 8.70. The number of nitrogens with zero attached hydrogens (tertiary/aromatic N) is 3. The van der Waals surface area contributed by atoms with E-state index in [1.54, 1.807) is 12.1 Å². The van der Waals surface area contributed by atoms with Gasteiger partial charge in [0.2, 0.25) is 0 Å². The van der Waals surface area contributed by atoms with Gasteiger partial charge >= 0.3 is 12.1 Å². The van der Waals surface area contributed by atoms with Gasteiger partial charge in [0.1, 0.15) is 17.5 Å². The molecule has 0 spiro atoms. The summed E-state index contributed by atoms with van der Waals surface area (Å²) < 4.78 is 64.5. The Morgan fingerprint density at radius 2 is 1.67 bits per heavy atom. The van der Waals surface area contributed by atoms with Crippen molar-refractivity contribution >= 4 is 34.7 Å². The number of rotatable bonds is 8. The minimum atomic E-state index is -4.95. The number of nitrogens with two attached hydrogens (primary N) is 1. The number of halogens is 5. The Kier molecular flexibility index (Phi) is 8.14. The first-order valence-corrected chi connectivity index (χ1v) is 11.7. The van der Waals surface area contributed by atoms with E-state index in [1.807, 2.05) is 22.5 Å². The van der Waals surface area contributed by atoms with Crippen LogP contribution in [0.3, 0.4) is 0 Å². The summed E-state index contributed by atoms with van der Waals surface area (Å²) in [6, 6.07) is 11.8. The van der Waals surface area contributed by atoms with Crippen molar-refractivity contribution in [3.05, 3.63) is 77.5 Å². The van der Waals surface area contributed by atoms with Gasteiger partial charge in [-0.25, -0.2) is 18.8 Å². The lowest BCUT2D eigenvalue weighted by Crippen LogP contribution is -2.56. The van der Waals surface area contributed by atoms with Crippen LogP contribution in [0.2, 0.25) is 0 Å². The molecule has 5 N–H and O–H groups in total. The van der Waals surface area contributed by atoms with Gasteiger partial charge in [0, 0.05) is 62.4 Å². The van der Waals surface area contributed by atoms with E-state index >= 15 is 0 Å². The Morgan fingerprint density at radius 3 is 2.31 bits per heavy atom. The highest BCUT2D eigenvalue weighted by atomic mass is 19.4. The second-order valence-corrected chi connectivity index (χ2v) is 8.70. The van der Waals surface area contributed by atoms with Crippen LogP contribution in [0.15, 0.2) is 54.7 Å². The molecular formula is C25H24F5N7O2. The van der Waals surface area contributed by atoms with Gasteiger partial charge in [0.05, 0.1) is 11.3 Å². The highest BCUT2D eigenvalue weighted by Crippen LogP contribution is 2.26. The Bertz CT molecular complexity index is 1340. The van der Waals surface area contributed by atoms with Crippen molar-refractivity contribution in [3.63, 3.8) is 0 Å². The van der Waals surface area contributed by atoms with Crippen molar-refractivity contribution in [1.29, 1.82) is 0 Å². The largest absolute Gasteiger partial charge is 0.472 e. The van der Waals surface area contributed by atoms with Gasteiger partial charge in [-0.05, 0) is 35.9 Å². The molecule has 1 saturated heterocycles. The van der Waals surface area contributed by atoms with E-state index < -0.39 is 29.6 Å². The summed E-state index contributed by atoms with van der Waals surface area (Å²) >= 11 is 0. The Morgan fingerprint density at radius 1 is 0.974 bits per heavy atom. The zero-order chi connectivity index (χ0) is 28.2. The number of aromatic nitrogens is 1. The first kappa shape index (κ1) is 27.6. The van der Waals surface area contributed by atoms with Crippen LogP contribution in [0.5, 0.6) is 0 Å². The summed E-state index contributed by atoms with van der Waals surface area (Å²) in [7, 11) is 0. The highest BCUT2D eigenvalue weighted by molar-refractivity contribution is 5.98. The van der Waals surface area contributed by atoms with Crippen LogP contribution in [-0.2, 0) is 11.3 Å². The number of hydrogen-bond donors (Lipinski definition) is 4. The molecule has 2 amide bonds. The Labute approximate surface area is 219 Å². The summed E-state index contributed by atoms with van der Waals surface area (Å²) in [6.07, 6.45) is -3.68. The van der Waals surface area contributed by atoms with Gasteiger partial charge in [-0.2, -0.15) is 13.2 Å². The summed E-state index contributed by atoms with van der Waals surface area (Å²) in [5, 5.41) is 7.30. The van der Waals surface area contributed by atoms with E-state index in [1.165, 1.54) is 17.3 Å². The second kappa shape index (κ2) is 11.5. The molecule has 39 heavy (non-hydrogen) atoms. The van der Waals surface area contributed by atoms with E-state index in [4.69, 9.17) is 5.73 Å². The zero-order valence-electron chi connectivity index (χ0n) is 20.4. The monoisotopic (exact) mass is 549 g/mol. The lowest BCUT2D eigenvalue weighted by atomic mass is 10.1. The van der Waals surface area contributed by atoms with E-state index in [-0.39, 0.29) is 25.2 Å². The molecule has 2 heterocycles. The summed E-state index contributed by atoms with van der Waals surface area (Å²) in [5.74, 6) is -3.86. The number of pyridine rings is 1. The van der Waals surface area contributed by atoms with Crippen LogP contribution in [0.25, 0.3) is 0 Å². The molecule has 1 aromatic heterocycles. The van der Waals surface area contributed by atoms with Gasteiger partial charge in [0.15, 0.2) is 0 Å². The summed E-state index contributed by atoms with van der Waals surface area (Å²) in [4.78, 5) is 29.2. The first-order valence-electron chi connectivity index (χ1n) is 11.7. The van der Waals surface area contributed by atoms with Crippen LogP contribution < -0.4 is 26.7 Å². The molecular weight excluding hydrogens is 525 g/mol. The number of alkyl halides is 3. The van der Waals surface area contributed by atoms with Crippen molar-refractivity contribution in [2.24, 2.45) is 5.73 Å². The van der Waals surface area contributed by atoms with Gasteiger partial charge in [0.25, 0.3) is 5.91 Å². The molecule has 9 nitrogen and oxygen atoms in total. The quantitative estimate of drug-likeness (QED) is 0.318. The number of hydrazine groups is 1. The number of nitrogens with one attached hydrogen (secondary N) is 3. The van der Waals surface area contributed by atoms with Crippen molar-refractivity contribution in [1.82, 2.24) is 15.4 Å². The maximum absolute atomic E-state index is 13.5. The van der Waals surface area contributed by atoms with Crippen molar-refractivity contribution in [3.8, 4) is 0 Å². The Hall–Kier alpha value is -4.46. The van der Waals surface area contributed by atoms with Crippen LogP contribution in [0, 0.1) is 11.6 Å². The molecule has 0 saturated carbocycles. The van der Waals surface area contributed by atoms with Gasteiger partial charge in [-0.1, -0.05) is 6.07 Å². The normalized spacial score (nSPS) is 14.1. The third kappa shape index (κ3) is 7.31. The molecule has 0 atom stereocenters. The van der Waals surface area contributed by atoms with Gasteiger partial charge in [-0.15, -0.1) is 0 Å². The lowest BCUT2D eigenvalue weighted by molar-refractivity contribution is -0.178. The number of benzene rings is 2. The van der Waals surface area contributed by atoms with Crippen molar-refractivity contribution < 1.29 is 31.5 Å². The van der Waals surface area contributed by atoms with Crippen LogP contribution in [0.4, 0.5) is 44.8 Å². The average Bonchev–Trinajstić information content (AvgIpc) is 2.87. The SMILES string of the molecule is NC(=O)c1cnc(Nc2cccc(N3CCN(NC(=O)C(F)(F)F)CC3)c2)cc1NCc1cc(F)cc(F)c1. The minimum Gasteiger partial charge on any atom is -0.380 e. The molecule has 206 valence electrons. The average molecular weight is 550 g/mol. The molecule has 1 fully saturated rings. The number of primary amides is 1. The molecule has 3 aromatic rings. The number of anilines is 4. The third-order valence-corrected chi connectivity index (χ3v) is 5.86. The fourth-order valence-electron chi connectivity index (χ4n) is 3.99. The van der Waals surface area contributed by atoms with E-state index in [0.29, 0.717) is 35.8 Å². The molecule has 14 heteroatoms. The van der Waals surface area contributed by atoms with E-state index in [0.717, 1.165) is 23.9 Å². The highest BCUT2D eigenvalue weighted by Gasteiger charge is 2.40. The van der Waals surface area contributed by atoms with Crippen LogP contribution >= 0.6 is 0 Å². The molecule has 1 aliphatic rings. The smallest absolute Gasteiger partial charge is 0.380 e. The standard InChI is InChI=1S/C25H24F5N7O2/c26-16-8-15(9-17(27)10-16)13-32-21-12-22(33-14-20(21)23(31)38)34-18-2-1-3-19(11-18)36-4-6-37(7-5-36)35-24(39)25(28,29)30/h1-3,8-12,14H,4-7,13H2,(H2,31,38)(H,35,39)(H2,32,33,34). The van der Waals surface area contributed by atoms with Crippen LogP contribution in [-0.4, -0.2) is 54.2 Å². The topological polar surface area (TPSA) is 116 Å². The number of piperazine rings is 1. The maximum Gasteiger partial charge on any atom is 0.472 e. The zero-order valence-corrected chi connectivity index (χ0v) is 20.4. The van der Waals surface area contributed by atoms with E-state index in [2.05, 4.69) is 15.6 Å². The predicted molar refractivity (Wildman–Crippen MR) is 134 cm³/mol. The number of carbonyl (C=O) groups is 2. The molecule has 0 radical (unpaired) electrons. The lowest BCUT2D eigenvalue weighted by Gasteiger charge is -2.36. The molecule has 4 rings (SSSR count). The number of hydrogen-bond acceptors (Lipinski definition) is 7. The van der Waals surface area contributed by atoms with Gasteiger partial charge < -0.3 is 21.3 Å². The molecule has 0 aliphatic carbocycles. The first-order chi connectivity index (χ1) is 18.5. The Balaban J connectivity index is 1.42. The summed E-state index contributed by atoms with van der Waals surface area (Å²) in [5.41, 5.74) is 9.45. The fourth-order valence-corrected chi connectivity index (χ4v) is 3.99. The molecule has 0 unspecified atom stereocenters. The maximum atomic E-state index is 13.5. The molecule has 2 aromatic carbocycles. The molecule has 1 aliphatic heterocycles. The van der Waals surface area contributed by atoms with Gasteiger partial charge in [-0.3, -0.25) is 15.0 Å². The number of amides is 2. The third-order valence-electron chi connectivity index (χ3n) is 5.86. The molecule has 0 bridgehead atoms. The van der Waals surface area contributed by atoms with E-state index in [9.17, 15) is 31.5 Å². The van der Waals surface area contributed by atoms with Crippen LogP contribution in [0.1, 0.15) is 15.9 Å². The minimum absolute atomic E-state index is 0.0172. The predicted octanol–water partition coefficient (Wildman–Crippen LogP) is 3.53.